The number of fused-ring (bicyclic) bond motifs is 12. The molecule has 2 aromatic heterocycles. The van der Waals surface area contributed by atoms with Crippen LogP contribution in [-0.2, 0) is 0 Å². The van der Waals surface area contributed by atoms with Gasteiger partial charge in [0.25, 0.3) is 0 Å². The number of hydrogen-bond acceptors (Lipinski definition) is 2. The van der Waals surface area contributed by atoms with E-state index in [9.17, 15) is 0 Å². The lowest BCUT2D eigenvalue weighted by Crippen LogP contribution is -1.85. The quantitative estimate of drug-likeness (QED) is 0.153. The lowest BCUT2D eigenvalue weighted by atomic mass is 9.92. The molecule has 0 amide bonds. The zero-order valence-electron chi connectivity index (χ0n) is 31.4. The summed E-state index contributed by atoms with van der Waals surface area (Å²) in [6.45, 7) is 0. The molecule has 0 N–H and O–H groups in total. The van der Waals surface area contributed by atoms with Gasteiger partial charge >= 0.3 is 0 Å². The van der Waals surface area contributed by atoms with Crippen molar-refractivity contribution >= 4 is 87.3 Å². The van der Waals surface area contributed by atoms with Gasteiger partial charge < -0.3 is 0 Å². The van der Waals surface area contributed by atoms with Crippen LogP contribution in [0.25, 0.3) is 118 Å². The van der Waals surface area contributed by atoms with Gasteiger partial charge in [-0.1, -0.05) is 170 Å². The van der Waals surface area contributed by atoms with E-state index in [2.05, 4.69) is 206 Å². The highest BCUT2D eigenvalue weighted by Gasteiger charge is 2.13. The van der Waals surface area contributed by atoms with E-state index in [4.69, 9.17) is 0 Å². The van der Waals surface area contributed by atoms with Crippen LogP contribution in [0.1, 0.15) is 0 Å². The van der Waals surface area contributed by atoms with Gasteiger partial charge in [0, 0.05) is 19.5 Å². The molecule has 2 heterocycles. The summed E-state index contributed by atoms with van der Waals surface area (Å²) in [6.07, 6.45) is 0. The van der Waals surface area contributed by atoms with E-state index in [0.29, 0.717) is 0 Å². The molecular formula is C56H34S2. The zero-order chi connectivity index (χ0) is 38.2. The monoisotopic (exact) mass is 770 g/mol. The summed E-state index contributed by atoms with van der Waals surface area (Å²) < 4.78 is 0. The molecule has 270 valence electrons. The molecule has 0 atom stereocenters. The van der Waals surface area contributed by atoms with Crippen LogP contribution in [0.4, 0.5) is 0 Å². The van der Waals surface area contributed by atoms with Crippen molar-refractivity contribution in [1.29, 1.82) is 0 Å². The first-order chi connectivity index (χ1) is 28.7. The van der Waals surface area contributed by atoms with Crippen LogP contribution < -0.4 is 0 Å². The van der Waals surface area contributed by atoms with Gasteiger partial charge in [0.2, 0.25) is 0 Å². The van der Waals surface area contributed by atoms with Crippen LogP contribution in [0.2, 0.25) is 0 Å². The SMILES string of the molecule is c1ccc2c(c1)c1ccccc1c1cc(-c3ccc(-c4ccc(-c5ccc(-c6ccc(-c7ccc8c9ccccc9c9ccccc9c8c7)cc6)s5)s4)cc3)ccc21. The number of thiophene rings is 2. The van der Waals surface area contributed by atoms with Crippen LogP contribution in [0.5, 0.6) is 0 Å². The van der Waals surface area contributed by atoms with Gasteiger partial charge in [-0.25, -0.2) is 0 Å². The normalized spacial score (nSPS) is 11.8. The van der Waals surface area contributed by atoms with Crippen LogP contribution in [0.15, 0.2) is 206 Å². The molecule has 10 aromatic carbocycles. The van der Waals surface area contributed by atoms with Crippen LogP contribution >= 0.6 is 22.7 Å². The maximum Gasteiger partial charge on any atom is 0.0449 e. The van der Waals surface area contributed by atoms with E-state index >= 15 is 0 Å². The highest BCUT2D eigenvalue weighted by Crippen LogP contribution is 2.43. The second kappa shape index (κ2) is 13.4. The van der Waals surface area contributed by atoms with E-state index in [1.54, 1.807) is 0 Å². The molecule has 0 aliphatic carbocycles. The summed E-state index contributed by atoms with van der Waals surface area (Å²) in [5, 5.41) is 15.7. The summed E-state index contributed by atoms with van der Waals surface area (Å²) in [4.78, 5) is 5.17. The predicted molar refractivity (Wildman–Crippen MR) is 254 cm³/mol. The minimum Gasteiger partial charge on any atom is -0.134 e. The first-order valence-corrected chi connectivity index (χ1v) is 21.4. The van der Waals surface area contributed by atoms with E-state index in [0.717, 1.165) is 0 Å². The third-order valence-electron chi connectivity index (χ3n) is 11.9. The molecule has 12 rings (SSSR count). The Morgan fingerprint density at radius 2 is 0.414 bits per heavy atom. The topological polar surface area (TPSA) is 0 Å². The van der Waals surface area contributed by atoms with Gasteiger partial charge in [-0.15, -0.1) is 22.7 Å². The van der Waals surface area contributed by atoms with Crippen molar-refractivity contribution in [2.45, 2.75) is 0 Å². The van der Waals surface area contributed by atoms with E-state index in [1.165, 1.54) is 118 Å². The van der Waals surface area contributed by atoms with Gasteiger partial charge in [-0.2, -0.15) is 0 Å². The molecule has 0 radical (unpaired) electrons. The first kappa shape index (κ1) is 33.3. The predicted octanol–water partition coefficient (Wildman–Crippen LogP) is 17.1. The van der Waals surface area contributed by atoms with E-state index in [1.807, 2.05) is 22.7 Å². The molecule has 0 aliphatic rings. The minimum atomic E-state index is 1.23. The summed E-state index contributed by atoms with van der Waals surface area (Å²) in [7, 11) is 0. The van der Waals surface area contributed by atoms with Gasteiger partial charge in [0.15, 0.2) is 0 Å². The number of hydrogen-bond donors (Lipinski definition) is 0. The van der Waals surface area contributed by atoms with Gasteiger partial charge in [-0.05, 0) is 134 Å². The maximum atomic E-state index is 2.37. The summed E-state index contributed by atoms with van der Waals surface area (Å²) in [6, 6.07) is 76.3. The zero-order valence-corrected chi connectivity index (χ0v) is 33.1. The molecule has 0 saturated carbocycles. The average Bonchev–Trinajstić information content (AvgIpc) is 4.01. The van der Waals surface area contributed by atoms with Gasteiger partial charge in [0.1, 0.15) is 0 Å². The highest BCUT2D eigenvalue weighted by atomic mass is 32.1. The Morgan fingerprint density at radius 3 is 0.741 bits per heavy atom. The fourth-order valence-corrected chi connectivity index (χ4v) is 11.2. The molecule has 0 bridgehead atoms. The Balaban J connectivity index is 0.803. The molecule has 12 aromatic rings. The highest BCUT2D eigenvalue weighted by molar-refractivity contribution is 7.25. The molecule has 58 heavy (non-hydrogen) atoms. The van der Waals surface area contributed by atoms with Gasteiger partial charge in [-0.3, -0.25) is 0 Å². The lowest BCUT2D eigenvalue weighted by molar-refractivity contribution is 1.65. The van der Waals surface area contributed by atoms with Crippen LogP contribution in [-0.4, -0.2) is 0 Å². The molecule has 0 saturated heterocycles. The Hall–Kier alpha value is -6.84. The summed E-state index contributed by atoms with van der Waals surface area (Å²) in [5.74, 6) is 0. The van der Waals surface area contributed by atoms with Crippen molar-refractivity contribution in [3.63, 3.8) is 0 Å². The Morgan fingerprint density at radius 1 is 0.172 bits per heavy atom. The summed E-state index contributed by atoms with van der Waals surface area (Å²) >= 11 is 3.73. The van der Waals surface area contributed by atoms with Crippen LogP contribution in [0.3, 0.4) is 0 Å². The van der Waals surface area contributed by atoms with Crippen LogP contribution in [0, 0.1) is 0 Å². The second-order valence-electron chi connectivity index (χ2n) is 15.2. The Labute approximate surface area is 344 Å². The first-order valence-electron chi connectivity index (χ1n) is 19.8. The smallest absolute Gasteiger partial charge is 0.0449 e. The average molecular weight is 771 g/mol. The molecular weight excluding hydrogens is 737 g/mol. The third-order valence-corrected chi connectivity index (χ3v) is 14.4. The largest absolute Gasteiger partial charge is 0.134 e. The van der Waals surface area contributed by atoms with Crippen molar-refractivity contribution < 1.29 is 0 Å². The fraction of sp³-hybridized carbons (Fsp3) is 0. The van der Waals surface area contributed by atoms with E-state index in [-0.39, 0.29) is 0 Å². The number of rotatable bonds is 5. The molecule has 0 aliphatic heterocycles. The minimum absolute atomic E-state index is 1.23. The van der Waals surface area contributed by atoms with Crippen molar-refractivity contribution in [1.82, 2.24) is 0 Å². The third kappa shape index (κ3) is 5.41. The fourth-order valence-electron chi connectivity index (χ4n) is 9.08. The maximum absolute atomic E-state index is 2.37. The Bertz CT molecular complexity index is 3240. The standard InChI is InChI=1S/C56H34S2/c1-3-13-45-41(9-1)43-11-5-7-15-47(43)51-33-39(25-27-49(45)51)35-17-21-37(22-18-35)53-29-31-55(57-53)56-32-30-54(58-56)38-23-19-36(20-24-38)40-26-28-50-46-14-4-2-10-42(46)44-12-6-8-16-48(44)52(50)34-40/h1-34H. The lowest BCUT2D eigenvalue weighted by Gasteiger charge is -2.12. The molecule has 0 fully saturated rings. The van der Waals surface area contributed by atoms with Gasteiger partial charge in [0.05, 0.1) is 0 Å². The Kier molecular flexibility index (Phi) is 7.69. The van der Waals surface area contributed by atoms with E-state index < -0.39 is 0 Å². The van der Waals surface area contributed by atoms with Crippen molar-refractivity contribution in [2.75, 3.05) is 0 Å². The molecule has 2 heteroatoms. The van der Waals surface area contributed by atoms with Crippen molar-refractivity contribution in [3.8, 4) is 52.9 Å². The molecule has 0 nitrogen and oxygen atoms in total. The van der Waals surface area contributed by atoms with Crippen molar-refractivity contribution in [3.05, 3.63) is 206 Å². The molecule has 0 unspecified atom stereocenters. The number of benzene rings is 10. The molecule has 0 spiro atoms. The second-order valence-corrected chi connectivity index (χ2v) is 17.4. The van der Waals surface area contributed by atoms with Crippen molar-refractivity contribution in [2.24, 2.45) is 0 Å². The summed E-state index contributed by atoms with van der Waals surface area (Å²) in [5.41, 5.74) is 7.45.